The van der Waals surface area contributed by atoms with Crippen molar-refractivity contribution in [2.45, 2.75) is 4.21 Å². The summed E-state index contributed by atoms with van der Waals surface area (Å²) in [5, 5.41) is 7.06. The highest BCUT2D eigenvalue weighted by Gasteiger charge is 2.22. The van der Waals surface area contributed by atoms with Gasteiger partial charge in [0.1, 0.15) is 16.6 Å². The molecule has 0 bridgehead atoms. The first-order valence-corrected chi connectivity index (χ1v) is 12.1. The summed E-state index contributed by atoms with van der Waals surface area (Å²) < 4.78 is 36.9. The highest BCUT2D eigenvalue weighted by molar-refractivity contribution is 7.94. The number of nitrogens with one attached hydrogen (secondary N) is 2. The lowest BCUT2D eigenvalue weighted by Crippen LogP contribution is -2.25. The molecule has 0 radical (unpaired) electrons. The number of ether oxygens (including phenoxy) is 2. The maximum Gasteiger partial charge on any atom is 0.273 e. The van der Waals surface area contributed by atoms with E-state index in [1.165, 1.54) is 18.5 Å². The fourth-order valence-electron chi connectivity index (χ4n) is 2.75. The molecule has 0 aliphatic heterocycles. The van der Waals surface area contributed by atoms with Crippen LogP contribution in [-0.2, 0) is 24.3 Å². The van der Waals surface area contributed by atoms with E-state index in [2.05, 4.69) is 10.6 Å². The largest absolute Gasteiger partial charge is 0.484 e. The lowest BCUT2D eigenvalue weighted by atomic mass is 10.2. The molecule has 0 fully saturated rings. The van der Waals surface area contributed by atoms with Gasteiger partial charge < -0.3 is 20.1 Å². The van der Waals surface area contributed by atoms with Crippen molar-refractivity contribution >= 4 is 50.2 Å². The van der Waals surface area contributed by atoms with E-state index in [4.69, 9.17) is 9.47 Å². The molecule has 0 aliphatic rings. The molecule has 3 rings (SSSR count). The van der Waals surface area contributed by atoms with Crippen molar-refractivity contribution < 1.29 is 27.5 Å². The van der Waals surface area contributed by atoms with Crippen molar-refractivity contribution in [2.24, 2.45) is 0 Å². The van der Waals surface area contributed by atoms with Crippen LogP contribution in [0, 0.1) is 0 Å². The summed E-state index contributed by atoms with van der Waals surface area (Å²) in [6.07, 6.45) is 0. The van der Waals surface area contributed by atoms with Gasteiger partial charge in [-0.15, -0.1) is 11.3 Å². The van der Waals surface area contributed by atoms with E-state index in [1.807, 2.05) is 0 Å². The van der Waals surface area contributed by atoms with Crippen LogP contribution in [0.2, 0.25) is 0 Å². The first kappa shape index (κ1) is 24.2. The third-order valence-electron chi connectivity index (χ3n) is 4.41. The normalized spacial score (nSPS) is 11.0. The van der Waals surface area contributed by atoms with Crippen LogP contribution in [0.25, 0.3) is 0 Å². The van der Waals surface area contributed by atoms with Crippen molar-refractivity contribution in [1.82, 2.24) is 0 Å². The molecule has 1 heterocycles. The fraction of sp³-hybridized carbons (Fsp3) is 0.182. The molecule has 2 amide bonds. The Kier molecular flexibility index (Phi) is 8.04. The quantitative estimate of drug-likeness (QED) is 0.452. The molecule has 11 heteroatoms. The predicted molar refractivity (Wildman–Crippen MR) is 127 cm³/mol. The van der Waals surface area contributed by atoms with Gasteiger partial charge in [-0.1, -0.05) is 6.07 Å². The van der Waals surface area contributed by atoms with E-state index < -0.39 is 10.0 Å². The Morgan fingerprint density at radius 1 is 0.909 bits per heavy atom. The van der Waals surface area contributed by atoms with Crippen LogP contribution in [-0.4, -0.2) is 47.6 Å². The molecule has 0 aliphatic carbocycles. The average Bonchev–Trinajstić information content (AvgIpc) is 3.35. The number of anilines is 3. The van der Waals surface area contributed by atoms with Crippen LogP contribution in [0.15, 0.2) is 70.3 Å². The van der Waals surface area contributed by atoms with Gasteiger partial charge in [0.25, 0.3) is 15.9 Å². The van der Waals surface area contributed by atoms with Crippen LogP contribution < -0.4 is 19.7 Å². The molecule has 2 aromatic carbocycles. The van der Waals surface area contributed by atoms with Crippen molar-refractivity contribution in [3.8, 4) is 5.75 Å². The number of nitrogens with zero attached hydrogens (tertiary/aromatic N) is 1. The number of hydrogen-bond acceptors (Lipinski definition) is 7. The van der Waals surface area contributed by atoms with E-state index in [0.29, 0.717) is 22.8 Å². The zero-order valence-corrected chi connectivity index (χ0v) is 19.6. The number of hydrogen-bond donors (Lipinski definition) is 2. The second-order valence-corrected chi connectivity index (χ2v) is 9.94. The van der Waals surface area contributed by atoms with E-state index in [0.717, 1.165) is 11.3 Å². The van der Waals surface area contributed by atoms with Crippen LogP contribution in [0.5, 0.6) is 5.75 Å². The molecule has 0 atom stereocenters. The zero-order valence-electron chi connectivity index (χ0n) is 18.0. The average molecular weight is 490 g/mol. The maximum atomic E-state index is 12.6. The van der Waals surface area contributed by atoms with Gasteiger partial charge in [0.05, 0.1) is 5.69 Å². The summed E-state index contributed by atoms with van der Waals surface area (Å²) >= 11 is 1.15. The van der Waals surface area contributed by atoms with Gasteiger partial charge in [0.2, 0.25) is 5.91 Å². The number of carbonyl (C=O) groups excluding carboxylic acids is 2. The fourth-order valence-corrected chi connectivity index (χ4v) is 5.10. The van der Waals surface area contributed by atoms with Gasteiger partial charge >= 0.3 is 0 Å². The van der Waals surface area contributed by atoms with E-state index in [1.54, 1.807) is 66.0 Å². The minimum Gasteiger partial charge on any atom is -0.484 e. The molecule has 3 aromatic rings. The van der Waals surface area contributed by atoms with Crippen molar-refractivity contribution in [3.63, 3.8) is 0 Å². The van der Waals surface area contributed by atoms with Crippen LogP contribution in [0.4, 0.5) is 17.1 Å². The topological polar surface area (TPSA) is 114 Å². The molecular weight excluding hydrogens is 466 g/mol. The summed E-state index contributed by atoms with van der Waals surface area (Å²) in [7, 11) is -0.704. The molecule has 0 saturated carbocycles. The van der Waals surface area contributed by atoms with E-state index in [9.17, 15) is 18.0 Å². The lowest BCUT2D eigenvalue weighted by molar-refractivity contribution is -0.120. The number of rotatable bonds is 10. The summed E-state index contributed by atoms with van der Waals surface area (Å²) in [6, 6.07) is 16.3. The van der Waals surface area contributed by atoms with E-state index in [-0.39, 0.29) is 29.2 Å². The third kappa shape index (κ3) is 6.54. The number of thiophene rings is 1. The highest BCUT2D eigenvalue weighted by Crippen LogP contribution is 2.26. The Hall–Kier alpha value is -3.41. The Morgan fingerprint density at radius 3 is 2.00 bits per heavy atom. The third-order valence-corrected chi connectivity index (χ3v) is 7.57. The van der Waals surface area contributed by atoms with Crippen molar-refractivity contribution in [1.29, 1.82) is 0 Å². The zero-order chi connectivity index (χ0) is 23.8. The molecule has 0 spiro atoms. The molecular formula is C22H23N3O6S2. The summed E-state index contributed by atoms with van der Waals surface area (Å²) in [4.78, 5) is 23.7. The van der Waals surface area contributed by atoms with Crippen LogP contribution in [0.3, 0.4) is 0 Å². The smallest absolute Gasteiger partial charge is 0.273 e. The first-order valence-electron chi connectivity index (χ1n) is 9.73. The Morgan fingerprint density at radius 2 is 1.48 bits per heavy atom. The molecule has 9 nitrogen and oxygen atoms in total. The highest BCUT2D eigenvalue weighted by atomic mass is 32.2. The molecule has 174 valence electrons. The van der Waals surface area contributed by atoms with Crippen LogP contribution in [0.1, 0.15) is 0 Å². The number of carbonyl (C=O) groups is 2. The number of amides is 2. The molecule has 0 saturated heterocycles. The standard InChI is InChI=1S/C22H23N3O6S2/c1-25(33(28,29)22-4-3-13-32-22)18-9-11-19(12-10-18)31-15-21(27)24-17-7-5-16(6-8-17)23-20(26)14-30-2/h3-13H,14-15H2,1-2H3,(H,23,26)(H,24,27). The SMILES string of the molecule is COCC(=O)Nc1ccc(NC(=O)COc2ccc(N(C)S(=O)(=O)c3cccs3)cc2)cc1. The van der Waals surface area contributed by atoms with Gasteiger partial charge in [-0.25, -0.2) is 8.42 Å². The number of benzene rings is 2. The molecule has 0 unspecified atom stereocenters. The second-order valence-electron chi connectivity index (χ2n) is 6.79. The lowest BCUT2D eigenvalue weighted by Gasteiger charge is -2.18. The van der Waals surface area contributed by atoms with Gasteiger partial charge in [0.15, 0.2) is 6.61 Å². The maximum absolute atomic E-state index is 12.6. The Labute approximate surface area is 196 Å². The second kappa shape index (κ2) is 10.9. The van der Waals surface area contributed by atoms with Crippen molar-refractivity contribution in [3.05, 3.63) is 66.0 Å². The van der Waals surface area contributed by atoms with Gasteiger partial charge in [-0.3, -0.25) is 13.9 Å². The Balaban J connectivity index is 1.51. The number of sulfonamides is 1. The molecule has 33 heavy (non-hydrogen) atoms. The Bertz CT molecular complexity index is 1180. The first-order chi connectivity index (χ1) is 15.8. The minimum atomic E-state index is -3.62. The predicted octanol–water partition coefficient (Wildman–Crippen LogP) is 3.18. The number of methoxy groups -OCH3 is 1. The summed E-state index contributed by atoms with van der Waals surface area (Å²) in [5.74, 6) is -0.219. The molecule has 2 N–H and O–H groups in total. The van der Waals surface area contributed by atoms with Crippen LogP contribution >= 0.6 is 11.3 Å². The van der Waals surface area contributed by atoms with Gasteiger partial charge in [-0.05, 0) is 60.0 Å². The summed E-state index contributed by atoms with van der Waals surface area (Å²) in [6.45, 7) is -0.271. The van der Waals surface area contributed by atoms with Crippen molar-refractivity contribution in [2.75, 3.05) is 42.3 Å². The van der Waals surface area contributed by atoms with Gasteiger partial charge in [-0.2, -0.15) is 0 Å². The van der Waals surface area contributed by atoms with E-state index >= 15 is 0 Å². The molecule has 1 aromatic heterocycles. The summed E-state index contributed by atoms with van der Waals surface area (Å²) in [5.41, 5.74) is 1.60. The van der Waals surface area contributed by atoms with Gasteiger partial charge in [0, 0.05) is 25.5 Å². The minimum absolute atomic E-state index is 0.0441. The monoisotopic (exact) mass is 489 g/mol.